The molecule has 0 aliphatic carbocycles. The predicted molar refractivity (Wildman–Crippen MR) is 78.1 cm³/mol. The first-order valence-electron chi connectivity index (χ1n) is 5.20. The van der Waals surface area contributed by atoms with Crippen molar-refractivity contribution in [2.75, 3.05) is 0 Å². The summed E-state index contributed by atoms with van der Waals surface area (Å²) in [5.41, 5.74) is 9.42. The molecular weight excluding hydrogens is 349 g/mol. The number of halogens is 2. The number of benzene rings is 1. The van der Waals surface area contributed by atoms with E-state index in [1.165, 1.54) is 9.13 Å². The summed E-state index contributed by atoms with van der Waals surface area (Å²) < 4.78 is 2.90. The number of nitrogens with zero attached hydrogens (tertiary/aromatic N) is 2. The van der Waals surface area contributed by atoms with E-state index in [9.17, 15) is 0 Å². The Bertz CT molecular complexity index is 531. The zero-order valence-corrected chi connectivity index (χ0v) is 12.5. The fraction of sp³-hybridized carbons (Fsp3) is 0.250. The number of hydrogen-bond acceptors (Lipinski definition) is 2. The summed E-state index contributed by atoms with van der Waals surface area (Å²) in [6.45, 7) is 2.07. The van der Waals surface area contributed by atoms with E-state index in [0.29, 0.717) is 5.02 Å². The van der Waals surface area contributed by atoms with Crippen molar-refractivity contribution < 1.29 is 0 Å². The Morgan fingerprint density at radius 1 is 1.47 bits per heavy atom. The van der Waals surface area contributed by atoms with Gasteiger partial charge in [-0.05, 0) is 40.6 Å². The number of aromatic nitrogens is 2. The maximum atomic E-state index is 6.28. The van der Waals surface area contributed by atoms with Crippen LogP contribution in [-0.4, -0.2) is 9.78 Å². The molecule has 2 rings (SSSR count). The van der Waals surface area contributed by atoms with E-state index in [2.05, 4.69) is 40.7 Å². The van der Waals surface area contributed by atoms with Crippen LogP contribution in [0.5, 0.6) is 0 Å². The first-order valence-corrected chi connectivity index (χ1v) is 6.66. The summed E-state index contributed by atoms with van der Waals surface area (Å²) in [7, 11) is 1.85. The zero-order chi connectivity index (χ0) is 12.6. The Hall–Kier alpha value is -0.590. The molecule has 0 aliphatic rings. The number of rotatable bonds is 2. The average Bonchev–Trinajstić information content (AvgIpc) is 2.62. The van der Waals surface area contributed by atoms with E-state index in [0.717, 1.165) is 11.3 Å². The van der Waals surface area contributed by atoms with E-state index < -0.39 is 0 Å². The van der Waals surface area contributed by atoms with Crippen molar-refractivity contribution in [3.63, 3.8) is 0 Å². The van der Waals surface area contributed by atoms with Crippen molar-refractivity contribution in [1.82, 2.24) is 9.78 Å². The van der Waals surface area contributed by atoms with Gasteiger partial charge in [-0.3, -0.25) is 4.68 Å². The molecule has 1 aromatic heterocycles. The van der Waals surface area contributed by atoms with Gasteiger partial charge >= 0.3 is 0 Å². The van der Waals surface area contributed by atoms with Crippen molar-refractivity contribution in [2.24, 2.45) is 12.8 Å². The van der Waals surface area contributed by atoms with Crippen LogP contribution in [0.2, 0.25) is 5.02 Å². The molecule has 1 heterocycles. The van der Waals surface area contributed by atoms with E-state index in [4.69, 9.17) is 17.3 Å². The fourth-order valence-corrected chi connectivity index (χ4v) is 2.81. The van der Waals surface area contributed by atoms with E-state index in [-0.39, 0.29) is 6.04 Å². The molecule has 0 fully saturated rings. The van der Waals surface area contributed by atoms with E-state index in [1.807, 2.05) is 19.2 Å². The molecule has 0 amide bonds. The molecule has 3 nitrogen and oxygen atoms in total. The maximum Gasteiger partial charge on any atom is 0.0837 e. The second-order valence-corrected chi connectivity index (χ2v) is 5.44. The third-order valence-corrected chi connectivity index (χ3v) is 4.55. The van der Waals surface area contributed by atoms with Gasteiger partial charge in [-0.15, -0.1) is 0 Å². The number of nitrogens with two attached hydrogens (primary N) is 1. The minimum Gasteiger partial charge on any atom is -0.319 e. The SMILES string of the molecule is Cc1cccc(C(N)c2c(Cl)cnn2C)c1I. The molecule has 0 aliphatic heterocycles. The first kappa shape index (κ1) is 12.9. The summed E-state index contributed by atoms with van der Waals surface area (Å²) in [4.78, 5) is 0. The van der Waals surface area contributed by atoms with Crippen LogP contribution in [0.4, 0.5) is 0 Å². The highest BCUT2D eigenvalue weighted by atomic mass is 127. The third-order valence-electron chi connectivity index (χ3n) is 2.79. The second-order valence-electron chi connectivity index (χ2n) is 3.96. The highest BCUT2D eigenvalue weighted by Crippen LogP contribution is 2.29. The van der Waals surface area contributed by atoms with Gasteiger partial charge in [0.1, 0.15) is 0 Å². The molecule has 2 N–H and O–H groups in total. The quantitative estimate of drug-likeness (QED) is 0.836. The number of hydrogen-bond donors (Lipinski definition) is 1. The summed E-state index contributed by atoms with van der Waals surface area (Å²) in [5.74, 6) is 0. The van der Waals surface area contributed by atoms with Crippen molar-refractivity contribution in [1.29, 1.82) is 0 Å². The predicted octanol–water partition coefficient (Wildman–Crippen LogP) is 3.03. The minimum atomic E-state index is -0.248. The number of aryl methyl sites for hydroxylation is 2. The lowest BCUT2D eigenvalue weighted by Gasteiger charge is -2.16. The standard InChI is InChI=1S/C12H13ClIN3/c1-7-4-3-5-8(10(7)14)11(15)12-9(13)6-16-17(12)2/h3-6,11H,15H2,1-2H3. The smallest absolute Gasteiger partial charge is 0.0837 e. The van der Waals surface area contributed by atoms with Crippen LogP contribution in [0, 0.1) is 10.5 Å². The molecule has 0 radical (unpaired) electrons. The Morgan fingerprint density at radius 2 is 2.18 bits per heavy atom. The van der Waals surface area contributed by atoms with Gasteiger partial charge in [-0.25, -0.2) is 0 Å². The summed E-state index contributed by atoms with van der Waals surface area (Å²) in [6, 6.07) is 5.87. The van der Waals surface area contributed by atoms with Crippen molar-refractivity contribution >= 4 is 34.2 Å². The van der Waals surface area contributed by atoms with Crippen molar-refractivity contribution in [2.45, 2.75) is 13.0 Å². The topological polar surface area (TPSA) is 43.8 Å². The Kier molecular flexibility index (Phi) is 3.75. The van der Waals surface area contributed by atoms with E-state index in [1.54, 1.807) is 10.9 Å². The van der Waals surface area contributed by atoms with Gasteiger partial charge in [0.25, 0.3) is 0 Å². The van der Waals surface area contributed by atoms with Crippen molar-refractivity contribution in [3.05, 3.63) is 49.8 Å². The molecular formula is C12H13ClIN3. The molecule has 0 spiro atoms. The molecule has 17 heavy (non-hydrogen) atoms. The van der Waals surface area contributed by atoms with Crippen LogP contribution in [-0.2, 0) is 7.05 Å². The molecule has 2 aromatic rings. The summed E-state index contributed by atoms with van der Waals surface area (Å²) in [5, 5.41) is 4.73. The van der Waals surface area contributed by atoms with Crippen LogP contribution in [0.1, 0.15) is 22.9 Å². The van der Waals surface area contributed by atoms with Crippen LogP contribution >= 0.6 is 34.2 Å². The van der Waals surface area contributed by atoms with Gasteiger partial charge in [0.2, 0.25) is 0 Å². The fourth-order valence-electron chi connectivity index (χ4n) is 1.83. The van der Waals surface area contributed by atoms with Crippen molar-refractivity contribution in [3.8, 4) is 0 Å². The molecule has 0 saturated carbocycles. The monoisotopic (exact) mass is 361 g/mol. The van der Waals surface area contributed by atoms with Crippen LogP contribution in [0.15, 0.2) is 24.4 Å². The van der Waals surface area contributed by atoms with Crippen LogP contribution in [0.25, 0.3) is 0 Å². The Balaban J connectivity index is 2.51. The largest absolute Gasteiger partial charge is 0.319 e. The van der Waals surface area contributed by atoms with Crippen LogP contribution < -0.4 is 5.73 Å². The molecule has 1 aromatic carbocycles. The van der Waals surface area contributed by atoms with Gasteiger partial charge in [0, 0.05) is 10.6 Å². The molecule has 0 saturated heterocycles. The Morgan fingerprint density at radius 3 is 2.76 bits per heavy atom. The van der Waals surface area contributed by atoms with Gasteiger partial charge in [-0.1, -0.05) is 29.8 Å². The van der Waals surface area contributed by atoms with Crippen LogP contribution in [0.3, 0.4) is 0 Å². The maximum absolute atomic E-state index is 6.28. The molecule has 1 atom stereocenters. The third kappa shape index (κ3) is 2.34. The lowest BCUT2D eigenvalue weighted by molar-refractivity contribution is 0.671. The van der Waals surface area contributed by atoms with Gasteiger partial charge < -0.3 is 5.73 Å². The highest BCUT2D eigenvalue weighted by Gasteiger charge is 2.19. The average molecular weight is 362 g/mol. The molecule has 90 valence electrons. The molecule has 1 unspecified atom stereocenters. The molecule has 0 bridgehead atoms. The van der Waals surface area contributed by atoms with Gasteiger partial charge in [-0.2, -0.15) is 5.10 Å². The summed E-state index contributed by atoms with van der Waals surface area (Å²) in [6.07, 6.45) is 1.62. The van der Waals surface area contributed by atoms with Gasteiger partial charge in [0.05, 0.1) is 23.0 Å². The lowest BCUT2D eigenvalue weighted by atomic mass is 10.0. The summed E-state index contributed by atoms with van der Waals surface area (Å²) >= 11 is 8.43. The zero-order valence-electron chi connectivity index (χ0n) is 9.61. The lowest BCUT2D eigenvalue weighted by Crippen LogP contribution is -2.17. The second kappa shape index (κ2) is 4.96. The van der Waals surface area contributed by atoms with Gasteiger partial charge in [0.15, 0.2) is 0 Å². The Labute approximate surface area is 119 Å². The van der Waals surface area contributed by atoms with E-state index >= 15 is 0 Å². The normalized spacial score (nSPS) is 12.8. The minimum absolute atomic E-state index is 0.248. The first-order chi connectivity index (χ1) is 8.02. The highest BCUT2D eigenvalue weighted by molar-refractivity contribution is 14.1. The molecule has 5 heteroatoms.